The van der Waals surface area contributed by atoms with Crippen molar-refractivity contribution in [3.05, 3.63) is 0 Å². The summed E-state index contributed by atoms with van der Waals surface area (Å²) in [5, 5.41) is 10.0. The van der Waals surface area contributed by atoms with E-state index in [1.165, 1.54) is 0 Å². The summed E-state index contributed by atoms with van der Waals surface area (Å²) >= 11 is 0. The van der Waals surface area contributed by atoms with Gasteiger partial charge < -0.3 is 9.84 Å². The highest BCUT2D eigenvalue weighted by Crippen LogP contribution is 2.28. The maximum atomic E-state index is 11.5. The van der Waals surface area contributed by atoms with E-state index in [4.69, 9.17) is 0 Å². The predicted molar refractivity (Wildman–Crippen MR) is 59.3 cm³/mol. The Balaban J connectivity index is 2.49. The summed E-state index contributed by atoms with van der Waals surface area (Å²) in [7, 11) is 0. The molecule has 0 bridgehead atoms. The number of hydrogen-bond donors (Lipinski definition) is 1. The number of carbonyl (C=O) groups is 3. The normalized spacial score (nSPS) is 24.5. The lowest BCUT2D eigenvalue weighted by atomic mass is 9.80. The highest BCUT2D eigenvalue weighted by Gasteiger charge is 2.39. The second-order valence-electron chi connectivity index (χ2n) is 4.36. The fourth-order valence-corrected chi connectivity index (χ4v) is 2.02. The van der Waals surface area contributed by atoms with Crippen LogP contribution in [0.15, 0.2) is 0 Å². The molecule has 5 heteroatoms. The third-order valence-corrected chi connectivity index (χ3v) is 2.90. The molecule has 0 aliphatic heterocycles. The molecule has 0 aromatic carbocycles. The smallest absolute Gasteiger partial charge is 0.313 e. The maximum absolute atomic E-state index is 11.5. The Bertz CT molecular complexity index is 323. The molecule has 0 amide bonds. The lowest BCUT2D eigenvalue weighted by Gasteiger charge is -2.29. The molecule has 1 aliphatic rings. The third-order valence-electron chi connectivity index (χ3n) is 2.90. The minimum atomic E-state index is -1.55. The first-order valence-corrected chi connectivity index (χ1v) is 5.91. The quantitative estimate of drug-likeness (QED) is 0.569. The SMILES string of the molecule is CCOC(=O)CC(=O)CC1(O)CCCCC1=O. The van der Waals surface area contributed by atoms with Crippen LogP contribution in [-0.4, -0.2) is 34.9 Å². The van der Waals surface area contributed by atoms with Gasteiger partial charge in [-0.25, -0.2) is 0 Å². The van der Waals surface area contributed by atoms with Crippen LogP contribution < -0.4 is 0 Å². The van der Waals surface area contributed by atoms with Crippen molar-refractivity contribution < 1.29 is 24.2 Å². The monoisotopic (exact) mass is 242 g/mol. The molecule has 1 saturated carbocycles. The van der Waals surface area contributed by atoms with Crippen LogP contribution in [0.3, 0.4) is 0 Å². The van der Waals surface area contributed by atoms with E-state index in [9.17, 15) is 19.5 Å². The van der Waals surface area contributed by atoms with Gasteiger partial charge in [-0.2, -0.15) is 0 Å². The van der Waals surface area contributed by atoms with E-state index in [0.29, 0.717) is 12.8 Å². The molecule has 1 atom stereocenters. The summed E-state index contributed by atoms with van der Waals surface area (Å²) in [6.07, 6.45) is 1.46. The summed E-state index contributed by atoms with van der Waals surface area (Å²) in [6.45, 7) is 1.87. The molecular weight excluding hydrogens is 224 g/mol. The zero-order valence-electron chi connectivity index (χ0n) is 10.0. The molecule has 1 aliphatic carbocycles. The van der Waals surface area contributed by atoms with Crippen LogP contribution in [0.1, 0.15) is 45.4 Å². The van der Waals surface area contributed by atoms with E-state index in [-0.39, 0.29) is 25.2 Å². The molecule has 1 N–H and O–H groups in total. The van der Waals surface area contributed by atoms with Gasteiger partial charge in [-0.3, -0.25) is 14.4 Å². The van der Waals surface area contributed by atoms with Crippen molar-refractivity contribution in [2.75, 3.05) is 6.61 Å². The lowest BCUT2D eigenvalue weighted by Crippen LogP contribution is -2.43. The zero-order valence-corrected chi connectivity index (χ0v) is 10.0. The molecule has 0 radical (unpaired) electrons. The van der Waals surface area contributed by atoms with Gasteiger partial charge in [-0.1, -0.05) is 0 Å². The summed E-state index contributed by atoms with van der Waals surface area (Å²) in [4.78, 5) is 34.2. The number of ketones is 2. The second kappa shape index (κ2) is 5.91. The number of carbonyl (C=O) groups excluding carboxylic acids is 3. The average molecular weight is 242 g/mol. The molecule has 0 aromatic rings. The minimum absolute atomic E-state index is 0.218. The third kappa shape index (κ3) is 3.93. The number of esters is 1. The number of rotatable bonds is 5. The standard InChI is InChI=1S/C12H18O5/c1-2-17-11(15)7-9(13)8-12(16)6-4-3-5-10(12)14/h16H,2-8H2,1H3. The first-order chi connectivity index (χ1) is 7.98. The molecule has 1 rings (SSSR count). The Morgan fingerprint density at radius 1 is 1.41 bits per heavy atom. The van der Waals surface area contributed by atoms with Gasteiger partial charge in [0.2, 0.25) is 0 Å². The molecular formula is C12H18O5. The van der Waals surface area contributed by atoms with E-state index in [2.05, 4.69) is 4.74 Å². The van der Waals surface area contributed by atoms with Gasteiger partial charge >= 0.3 is 5.97 Å². The molecule has 0 heterocycles. The van der Waals surface area contributed by atoms with Gasteiger partial charge in [0.05, 0.1) is 6.61 Å². The number of hydrogen-bond acceptors (Lipinski definition) is 5. The zero-order chi connectivity index (χ0) is 12.9. The summed E-state index contributed by atoms with van der Waals surface area (Å²) in [6, 6.07) is 0. The van der Waals surface area contributed by atoms with Crippen LogP contribution in [0.25, 0.3) is 0 Å². The summed E-state index contributed by atoms with van der Waals surface area (Å²) < 4.78 is 4.64. The van der Waals surface area contributed by atoms with Gasteiger partial charge in [0.15, 0.2) is 5.78 Å². The molecule has 0 aromatic heterocycles. The molecule has 5 nitrogen and oxygen atoms in total. The Morgan fingerprint density at radius 3 is 2.71 bits per heavy atom. The van der Waals surface area contributed by atoms with Crippen molar-refractivity contribution in [3.63, 3.8) is 0 Å². The minimum Gasteiger partial charge on any atom is -0.466 e. The second-order valence-corrected chi connectivity index (χ2v) is 4.36. The van der Waals surface area contributed by atoms with Crippen molar-refractivity contribution >= 4 is 17.5 Å². The molecule has 1 fully saturated rings. The Kier molecular flexibility index (Phi) is 4.81. The van der Waals surface area contributed by atoms with Crippen LogP contribution in [-0.2, 0) is 19.1 Å². The Hall–Kier alpha value is -1.23. The Morgan fingerprint density at radius 2 is 2.12 bits per heavy atom. The van der Waals surface area contributed by atoms with E-state index in [1.54, 1.807) is 6.92 Å². The fourth-order valence-electron chi connectivity index (χ4n) is 2.02. The van der Waals surface area contributed by atoms with Crippen LogP contribution >= 0.6 is 0 Å². The van der Waals surface area contributed by atoms with Crippen molar-refractivity contribution in [3.8, 4) is 0 Å². The summed E-state index contributed by atoms with van der Waals surface area (Å²) in [5.41, 5.74) is -1.55. The lowest BCUT2D eigenvalue weighted by molar-refractivity contribution is -0.151. The fraction of sp³-hybridized carbons (Fsp3) is 0.750. The summed E-state index contributed by atoms with van der Waals surface area (Å²) in [5.74, 6) is -1.34. The van der Waals surface area contributed by atoms with Gasteiger partial charge in [0.25, 0.3) is 0 Å². The van der Waals surface area contributed by atoms with Crippen molar-refractivity contribution in [2.24, 2.45) is 0 Å². The van der Waals surface area contributed by atoms with E-state index >= 15 is 0 Å². The highest BCUT2D eigenvalue weighted by atomic mass is 16.5. The molecule has 1 unspecified atom stereocenters. The van der Waals surface area contributed by atoms with Crippen LogP contribution in [0, 0.1) is 0 Å². The van der Waals surface area contributed by atoms with Gasteiger partial charge in [0.1, 0.15) is 17.8 Å². The van der Waals surface area contributed by atoms with Crippen LogP contribution in [0.5, 0.6) is 0 Å². The van der Waals surface area contributed by atoms with E-state index in [1.807, 2.05) is 0 Å². The van der Waals surface area contributed by atoms with Crippen molar-refractivity contribution in [1.29, 1.82) is 0 Å². The molecule has 0 spiro atoms. The molecule has 0 saturated heterocycles. The van der Waals surface area contributed by atoms with Gasteiger partial charge in [-0.05, 0) is 26.2 Å². The number of Topliss-reactive ketones (excluding diaryl/α,β-unsaturated/α-hetero) is 2. The highest BCUT2D eigenvalue weighted by molar-refractivity contribution is 5.99. The molecule has 17 heavy (non-hydrogen) atoms. The first-order valence-electron chi connectivity index (χ1n) is 5.91. The first kappa shape index (κ1) is 13.8. The van der Waals surface area contributed by atoms with Crippen LogP contribution in [0.2, 0.25) is 0 Å². The number of aliphatic hydroxyl groups is 1. The van der Waals surface area contributed by atoms with Crippen LogP contribution in [0.4, 0.5) is 0 Å². The van der Waals surface area contributed by atoms with E-state index in [0.717, 1.165) is 12.8 Å². The Labute approximate surface area is 100 Å². The average Bonchev–Trinajstić information content (AvgIpc) is 2.22. The molecule has 96 valence electrons. The maximum Gasteiger partial charge on any atom is 0.313 e. The van der Waals surface area contributed by atoms with Gasteiger partial charge in [-0.15, -0.1) is 0 Å². The van der Waals surface area contributed by atoms with Crippen molar-refractivity contribution in [1.82, 2.24) is 0 Å². The van der Waals surface area contributed by atoms with Crippen molar-refractivity contribution in [2.45, 2.75) is 51.0 Å². The number of ether oxygens (including phenoxy) is 1. The predicted octanol–water partition coefficient (Wildman–Crippen LogP) is 0.773. The van der Waals surface area contributed by atoms with E-state index < -0.39 is 17.4 Å². The largest absolute Gasteiger partial charge is 0.466 e. The van der Waals surface area contributed by atoms with Gasteiger partial charge in [0, 0.05) is 12.8 Å². The topological polar surface area (TPSA) is 80.7 Å².